The molecule has 0 bridgehead atoms. The van der Waals surface area contributed by atoms with Gasteiger partial charge in [0.05, 0.1) is 11.3 Å². The van der Waals surface area contributed by atoms with Gasteiger partial charge >= 0.3 is 0 Å². The van der Waals surface area contributed by atoms with E-state index in [1.54, 1.807) is 18.5 Å². The number of aryl methyl sites for hydroxylation is 1. The maximum atomic E-state index is 14.9. The summed E-state index contributed by atoms with van der Waals surface area (Å²) in [6, 6.07) is 16.8. The Labute approximate surface area is 180 Å². The molecular weight excluding hydrogens is 391 g/mol. The standard InChI is InChI=1S/C25H23FN4O/c1-16-5-4-7-22-24(16)19(25(31)29-22)14-28-18-8-9-23(20(26)13-18)30-12-10-17(15-30)21-6-2-3-11-27-21/h2-9,11,13-14,17,28H,10,12,15H2,1H3,(H,29,31). The Kier molecular flexibility index (Phi) is 4.90. The summed E-state index contributed by atoms with van der Waals surface area (Å²) in [6.07, 6.45) is 4.41. The van der Waals surface area contributed by atoms with E-state index in [1.165, 1.54) is 6.07 Å². The molecule has 0 radical (unpaired) electrons. The highest BCUT2D eigenvalue weighted by molar-refractivity contribution is 6.32. The van der Waals surface area contributed by atoms with Gasteiger partial charge in [-0.3, -0.25) is 9.78 Å². The molecule has 1 saturated heterocycles. The fourth-order valence-corrected chi connectivity index (χ4v) is 4.42. The molecule has 5 nitrogen and oxygen atoms in total. The Morgan fingerprint density at radius 2 is 2.10 bits per heavy atom. The number of hydrogen-bond donors (Lipinski definition) is 2. The van der Waals surface area contributed by atoms with Crippen LogP contribution in [-0.4, -0.2) is 24.0 Å². The highest BCUT2D eigenvalue weighted by Gasteiger charge is 2.27. The Hall–Kier alpha value is -3.67. The van der Waals surface area contributed by atoms with E-state index in [0.717, 1.165) is 42.0 Å². The predicted octanol–water partition coefficient (Wildman–Crippen LogP) is 4.93. The van der Waals surface area contributed by atoms with Gasteiger partial charge < -0.3 is 15.5 Å². The number of amides is 1. The number of nitrogens with zero attached hydrogens (tertiary/aromatic N) is 2. The first-order valence-corrected chi connectivity index (χ1v) is 10.4. The highest BCUT2D eigenvalue weighted by atomic mass is 19.1. The number of halogens is 1. The van der Waals surface area contributed by atoms with Crippen LogP contribution in [-0.2, 0) is 4.79 Å². The van der Waals surface area contributed by atoms with Crippen molar-refractivity contribution in [2.75, 3.05) is 28.6 Å². The molecule has 0 spiro atoms. The van der Waals surface area contributed by atoms with Crippen molar-refractivity contribution in [2.45, 2.75) is 19.3 Å². The lowest BCUT2D eigenvalue weighted by atomic mass is 10.0. The number of rotatable bonds is 4. The fourth-order valence-electron chi connectivity index (χ4n) is 4.42. The smallest absolute Gasteiger partial charge is 0.257 e. The zero-order valence-corrected chi connectivity index (χ0v) is 17.2. The summed E-state index contributed by atoms with van der Waals surface area (Å²) in [6.45, 7) is 3.52. The van der Waals surface area contributed by atoms with Crippen molar-refractivity contribution in [1.29, 1.82) is 0 Å². The van der Waals surface area contributed by atoms with Gasteiger partial charge in [-0.25, -0.2) is 4.39 Å². The summed E-state index contributed by atoms with van der Waals surface area (Å²) in [5.74, 6) is -0.128. The third-order valence-electron chi connectivity index (χ3n) is 6.00. The number of anilines is 3. The number of fused-ring (bicyclic) bond motifs is 1. The summed E-state index contributed by atoms with van der Waals surface area (Å²) in [4.78, 5) is 18.9. The zero-order valence-electron chi connectivity index (χ0n) is 17.2. The molecule has 2 N–H and O–H groups in total. The molecule has 1 amide bonds. The molecule has 1 fully saturated rings. The Morgan fingerprint density at radius 3 is 2.90 bits per heavy atom. The monoisotopic (exact) mass is 414 g/mol. The second-order valence-corrected chi connectivity index (χ2v) is 8.01. The SMILES string of the molecule is Cc1cccc2c1C(=CNc1ccc(N3CCC(c4ccccn4)C3)c(F)c1)C(=O)N2. The first-order chi connectivity index (χ1) is 15.1. The van der Waals surface area contributed by atoms with Gasteiger partial charge in [0.25, 0.3) is 5.91 Å². The van der Waals surface area contributed by atoms with E-state index in [-0.39, 0.29) is 11.7 Å². The van der Waals surface area contributed by atoms with Crippen LogP contribution < -0.4 is 15.5 Å². The maximum absolute atomic E-state index is 14.9. The summed E-state index contributed by atoms with van der Waals surface area (Å²) >= 11 is 0. The molecule has 5 rings (SSSR count). The van der Waals surface area contributed by atoms with Gasteiger partial charge in [0, 0.05) is 54.0 Å². The van der Waals surface area contributed by atoms with Gasteiger partial charge in [-0.2, -0.15) is 0 Å². The lowest BCUT2D eigenvalue weighted by Gasteiger charge is -2.20. The van der Waals surface area contributed by atoms with E-state index in [9.17, 15) is 9.18 Å². The second-order valence-electron chi connectivity index (χ2n) is 8.01. The molecule has 2 aliphatic heterocycles. The van der Waals surface area contributed by atoms with Crippen LogP contribution in [0.3, 0.4) is 0 Å². The van der Waals surface area contributed by atoms with Crippen LogP contribution >= 0.6 is 0 Å². The average molecular weight is 414 g/mol. The Morgan fingerprint density at radius 1 is 1.19 bits per heavy atom. The summed E-state index contributed by atoms with van der Waals surface area (Å²) in [7, 11) is 0. The minimum absolute atomic E-state index is 0.161. The van der Waals surface area contributed by atoms with Crippen molar-refractivity contribution < 1.29 is 9.18 Å². The van der Waals surface area contributed by atoms with Crippen LogP contribution in [0.4, 0.5) is 21.5 Å². The van der Waals surface area contributed by atoms with Gasteiger partial charge in [-0.05, 0) is 55.3 Å². The maximum Gasteiger partial charge on any atom is 0.257 e. The number of carbonyl (C=O) groups excluding carboxylic acids is 1. The number of hydrogen-bond acceptors (Lipinski definition) is 4. The number of aromatic nitrogens is 1. The number of benzene rings is 2. The largest absolute Gasteiger partial charge is 0.368 e. The van der Waals surface area contributed by atoms with Crippen molar-refractivity contribution in [3.8, 4) is 0 Å². The molecule has 0 aliphatic carbocycles. The van der Waals surface area contributed by atoms with Crippen LogP contribution in [0.15, 0.2) is 67.0 Å². The van der Waals surface area contributed by atoms with Crippen LogP contribution in [0.5, 0.6) is 0 Å². The van der Waals surface area contributed by atoms with Gasteiger partial charge in [-0.15, -0.1) is 0 Å². The van der Waals surface area contributed by atoms with Crippen LogP contribution in [0.25, 0.3) is 5.57 Å². The highest BCUT2D eigenvalue weighted by Crippen LogP contribution is 2.35. The molecule has 2 aliphatic rings. The molecule has 31 heavy (non-hydrogen) atoms. The van der Waals surface area contributed by atoms with E-state index in [1.807, 2.05) is 49.4 Å². The van der Waals surface area contributed by atoms with Crippen molar-refractivity contribution >= 4 is 28.5 Å². The number of pyridine rings is 1. The molecule has 2 aromatic carbocycles. The molecule has 3 aromatic rings. The van der Waals surface area contributed by atoms with E-state index < -0.39 is 0 Å². The molecule has 1 unspecified atom stereocenters. The predicted molar refractivity (Wildman–Crippen MR) is 122 cm³/mol. The van der Waals surface area contributed by atoms with Gasteiger partial charge in [0.15, 0.2) is 0 Å². The Balaban J connectivity index is 1.32. The lowest BCUT2D eigenvalue weighted by Crippen LogP contribution is -2.20. The number of nitrogens with one attached hydrogen (secondary N) is 2. The number of carbonyl (C=O) groups is 1. The molecule has 156 valence electrons. The average Bonchev–Trinajstić information content (AvgIpc) is 3.38. The Bertz CT molecular complexity index is 1180. The molecule has 6 heteroatoms. The normalized spacial score (nSPS) is 18.9. The first-order valence-electron chi connectivity index (χ1n) is 10.4. The third-order valence-corrected chi connectivity index (χ3v) is 6.00. The summed E-state index contributed by atoms with van der Waals surface area (Å²) < 4.78 is 14.9. The van der Waals surface area contributed by atoms with Crippen molar-refractivity contribution in [3.63, 3.8) is 0 Å². The topological polar surface area (TPSA) is 57.3 Å². The van der Waals surface area contributed by atoms with E-state index in [2.05, 4.69) is 20.5 Å². The van der Waals surface area contributed by atoms with Crippen LogP contribution in [0.1, 0.15) is 29.2 Å². The van der Waals surface area contributed by atoms with Gasteiger partial charge in [0.1, 0.15) is 5.82 Å². The van der Waals surface area contributed by atoms with E-state index >= 15 is 0 Å². The van der Waals surface area contributed by atoms with Crippen LogP contribution in [0.2, 0.25) is 0 Å². The van der Waals surface area contributed by atoms with Crippen molar-refractivity contribution in [2.24, 2.45) is 0 Å². The first kappa shape index (κ1) is 19.3. The third kappa shape index (κ3) is 3.65. The van der Waals surface area contributed by atoms with Crippen molar-refractivity contribution in [1.82, 2.24) is 4.98 Å². The summed E-state index contributed by atoms with van der Waals surface area (Å²) in [5.41, 5.74) is 5.50. The van der Waals surface area contributed by atoms with E-state index in [4.69, 9.17) is 0 Å². The van der Waals surface area contributed by atoms with Gasteiger partial charge in [0.2, 0.25) is 0 Å². The quantitative estimate of drug-likeness (QED) is 0.595. The zero-order chi connectivity index (χ0) is 21.4. The molecule has 3 heterocycles. The molecular formula is C25H23FN4O. The van der Waals surface area contributed by atoms with Gasteiger partial charge in [-0.1, -0.05) is 18.2 Å². The lowest BCUT2D eigenvalue weighted by molar-refractivity contribution is -0.110. The second kappa shape index (κ2) is 7.87. The minimum Gasteiger partial charge on any atom is -0.368 e. The fraction of sp³-hybridized carbons (Fsp3) is 0.200. The van der Waals surface area contributed by atoms with Crippen LogP contribution in [0, 0.1) is 12.7 Å². The van der Waals surface area contributed by atoms with E-state index in [0.29, 0.717) is 22.9 Å². The molecule has 0 saturated carbocycles. The molecule has 1 atom stereocenters. The van der Waals surface area contributed by atoms with Crippen molar-refractivity contribution in [3.05, 3.63) is 89.6 Å². The minimum atomic E-state index is -0.280. The molecule has 1 aromatic heterocycles. The summed E-state index contributed by atoms with van der Waals surface area (Å²) in [5, 5.41) is 5.95.